The molecule has 0 saturated heterocycles. The highest BCUT2D eigenvalue weighted by Crippen LogP contribution is 2.27. The number of methoxy groups -OCH3 is 2. The van der Waals surface area contributed by atoms with Gasteiger partial charge in [0.15, 0.2) is 0 Å². The molecule has 7 heteroatoms. The molecule has 0 aliphatic carbocycles. The number of amides is 1. The number of carbonyl (C=O) groups excluding carboxylic acids is 2. The molecular formula is C20H24N2O5. The van der Waals surface area contributed by atoms with Crippen LogP contribution in [0.2, 0.25) is 0 Å². The average molecular weight is 372 g/mol. The molecule has 0 heterocycles. The molecule has 0 aliphatic rings. The second-order valence-electron chi connectivity index (χ2n) is 6.00. The van der Waals surface area contributed by atoms with Crippen LogP contribution in [0.4, 0.5) is 11.4 Å². The molecule has 0 unspecified atom stereocenters. The van der Waals surface area contributed by atoms with E-state index in [9.17, 15) is 9.59 Å². The summed E-state index contributed by atoms with van der Waals surface area (Å²) in [5.41, 5.74) is 1.56. The van der Waals surface area contributed by atoms with Crippen LogP contribution in [0.15, 0.2) is 42.5 Å². The smallest absolute Gasteiger partial charge is 0.337 e. The molecule has 0 aromatic heterocycles. The van der Waals surface area contributed by atoms with Gasteiger partial charge in [0.25, 0.3) is 0 Å². The predicted molar refractivity (Wildman–Crippen MR) is 104 cm³/mol. The first kappa shape index (κ1) is 20.1. The first-order valence-electron chi connectivity index (χ1n) is 8.49. The number of benzene rings is 2. The van der Waals surface area contributed by atoms with E-state index in [-0.39, 0.29) is 18.6 Å². The van der Waals surface area contributed by atoms with Crippen molar-refractivity contribution in [3.05, 3.63) is 48.0 Å². The molecule has 0 fully saturated rings. The number of hydrogen-bond acceptors (Lipinski definition) is 6. The van der Waals surface area contributed by atoms with E-state index in [2.05, 4.69) is 10.6 Å². The standard InChI is InChI=1S/C20H24N2O5/c1-13(2)27-18-10-5-14(20(24)26-4)11-17(18)21-12-19(23)22-15-6-8-16(25-3)9-7-15/h5-11,13,21H,12H2,1-4H3,(H,22,23). The summed E-state index contributed by atoms with van der Waals surface area (Å²) in [6.45, 7) is 3.80. The Hall–Kier alpha value is -3.22. The van der Waals surface area contributed by atoms with Crippen LogP contribution in [0.5, 0.6) is 11.5 Å². The van der Waals surface area contributed by atoms with Gasteiger partial charge in [0.1, 0.15) is 11.5 Å². The SMILES string of the molecule is COC(=O)c1ccc(OC(C)C)c(NCC(=O)Nc2ccc(OC)cc2)c1. The van der Waals surface area contributed by atoms with Gasteiger partial charge in [-0.1, -0.05) is 0 Å². The summed E-state index contributed by atoms with van der Waals surface area (Å²) in [6.07, 6.45) is -0.0531. The number of ether oxygens (including phenoxy) is 3. The Bertz CT molecular complexity index is 787. The number of carbonyl (C=O) groups is 2. The second kappa shape index (κ2) is 9.47. The Balaban J connectivity index is 2.06. The lowest BCUT2D eigenvalue weighted by molar-refractivity contribution is -0.114. The zero-order chi connectivity index (χ0) is 19.8. The summed E-state index contributed by atoms with van der Waals surface area (Å²) >= 11 is 0. The number of anilines is 2. The van der Waals surface area contributed by atoms with E-state index in [1.54, 1.807) is 49.6 Å². The van der Waals surface area contributed by atoms with Crippen LogP contribution < -0.4 is 20.1 Å². The Morgan fingerprint density at radius 3 is 2.33 bits per heavy atom. The molecule has 7 nitrogen and oxygen atoms in total. The van der Waals surface area contributed by atoms with Gasteiger partial charge in [-0.05, 0) is 56.3 Å². The first-order chi connectivity index (χ1) is 12.9. The zero-order valence-corrected chi connectivity index (χ0v) is 15.9. The lowest BCUT2D eigenvalue weighted by Gasteiger charge is -2.16. The van der Waals surface area contributed by atoms with Crippen molar-refractivity contribution in [2.24, 2.45) is 0 Å². The summed E-state index contributed by atoms with van der Waals surface area (Å²) in [5, 5.41) is 5.79. The highest BCUT2D eigenvalue weighted by molar-refractivity contribution is 5.95. The van der Waals surface area contributed by atoms with Gasteiger partial charge >= 0.3 is 5.97 Å². The second-order valence-corrected chi connectivity index (χ2v) is 6.00. The third-order valence-corrected chi connectivity index (χ3v) is 3.58. The Morgan fingerprint density at radius 2 is 1.74 bits per heavy atom. The number of nitrogens with one attached hydrogen (secondary N) is 2. The van der Waals surface area contributed by atoms with E-state index in [1.165, 1.54) is 7.11 Å². The van der Waals surface area contributed by atoms with Crippen molar-refractivity contribution in [2.75, 3.05) is 31.4 Å². The van der Waals surface area contributed by atoms with E-state index in [4.69, 9.17) is 14.2 Å². The molecule has 27 heavy (non-hydrogen) atoms. The highest BCUT2D eigenvalue weighted by atomic mass is 16.5. The molecule has 2 N–H and O–H groups in total. The molecule has 0 radical (unpaired) electrons. The summed E-state index contributed by atoms with van der Waals surface area (Å²) in [6, 6.07) is 11.9. The fraction of sp³-hybridized carbons (Fsp3) is 0.300. The van der Waals surface area contributed by atoms with Crippen molar-refractivity contribution in [3.63, 3.8) is 0 Å². The number of hydrogen-bond donors (Lipinski definition) is 2. The molecule has 2 aromatic rings. The van der Waals surface area contributed by atoms with E-state index in [0.29, 0.717) is 28.4 Å². The van der Waals surface area contributed by atoms with Crippen LogP contribution in [0.3, 0.4) is 0 Å². The van der Waals surface area contributed by atoms with Crippen LogP contribution in [0.25, 0.3) is 0 Å². The maximum Gasteiger partial charge on any atom is 0.337 e. The monoisotopic (exact) mass is 372 g/mol. The van der Waals surface area contributed by atoms with Gasteiger partial charge in [0, 0.05) is 5.69 Å². The van der Waals surface area contributed by atoms with Crippen LogP contribution in [0, 0.1) is 0 Å². The average Bonchev–Trinajstić information content (AvgIpc) is 2.66. The van der Waals surface area contributed by atoms with Crippen molar-refractivity contribution >= 4 is 23.3 Å². The van der Waals surface area contributed by atoms with Gasteiger partial charge < -0.3 is 24.8 Å². The highest BCUT2D eigenvalue weighted by Gasteiger charge is 2.13. The first-order valence-corrected chi connectivity index (χ1v) is 8.49. The van der Waals surface area contributed by atoms with Gasteiger partial charge in [-0.15, -0.1) is 0 Å². The Morgan fingerprint density at radius 1 is 1.04 bits per heavy atom. The summed E-state index contributed by atoms with van der Waals surface area (Å²) in [4.78, 5) is 24.0. The fourth-order valence-corrected chi connectivity index (χ4v) is 2.32. The van der Waals surface area contributed by atoms with Crippen LogP contribution in [-0.4, -0.2) is 38.7 Å². The molecular weight excluding hydrogens is 348 g/mol. The molecule has 0 aliphatic heterocycles. The van der Waals surface area contributed by atoms with Crippen LogP contribution >= 0.6 is 0 Å². The van der Waals surface area contributed by atoms with E-state index < -0.39 is 5.97 Å². The zero-order valence-electron chi connectivity index (χ0n) is 15.9. The lowest BCUT2D eigenvalue weighted by Crippen LogP contribution is -2.22. The van der Waals surface area contributed by atoms with Gasteiger partial charge in [-0.25, -0.2) is 4.79 Å². The predicted octanol–water partition coefficient (Wildman–Crippen LogP) is 3.32. The quantitative estimate of drug-likeness (QED) is 0.692. The summed E-state index contributed by atoms with van der Waals surface area (Å²) in [5.74, 6) is 0.562. The van der Waals surface area contributed by atoms with Gasteiger partial charge in [-0.3, -0.25) is 4.79 Å². The molecule has 0 atom stereocenters. The van der Waals surface area contributed by atoms with Crippen molar-refractivity contribution in [2.45, 2.75) is 20.0 Å². The van der Waals surface area contributed by atoms with Crippen molar-refractivity contribution in [3.8, 4) is 11.5 Å². The van der Waals surface area contributed by atoms with Crippen molar-refractivity contribution in [1.82, 2.24) is 0 Å². The van der Waals surface area contributed by atoms with Crippen molar-refractivity contribution in [1.29, 1.82) is 0 Å². The minimum absolute atomic E-state index is 0.00507. The molecule has 2 aromatic carbocycles. The maximum atomic E-state index is 12.2. The topological polar surface area (TPSA) is 85.9 Å². The van der Waals surface area contributed by atoms with Gasteiger partial charge in [-0.2, -0.15) is 0 Å². The number of rotatable bonds is 8. The summed E-state index contributed by atoms with van der Waals surface area (Å²) < 4.78 is 15.6. The normalized spacial score (nSPS) is 10.3. The Labute approximate surface area is 158 Å². The fourth-order valence-electron chi connectivity index (χ4n) is 2.32. The molecule has 144 valence electrons. The molecule has 0 bridgehead atoms. The Kier molecular flexibility index (Phi) is 7.05. The van der Waals surface area contributed by atoms with E-state index >= 15 is 0 Å². The van der Waals surface area contributed by atoms with Gasteiger partial charge in [0.05, 0.1) is 38.1 Å². The molecule has 0 spiro atoms. The summed E-state index contributed by atoms with van der Waals surface area (Å²) in [7, 11) is 2.90. The third kappa shape index (κ3) is 5.91. The van der Waals surface area contributed by atoms with Crippen LogP contribution in [-0.2, 0) is 9.53 Å². The molecule has 1 amide bonds. The number of esters is 1. The third-order valence-electron chi connectivity index (χ3n) is 3.58. The minimum Gasteiger partial charge on any atom is -0.497 e. The van der Waals surface area contributed by atoms with E-state index in [1.807, 2.05) is 13.8 Å². The van der Waals surface area contributed by atoms with E-state index in [0.717, 1.165) is 0 Å². The van der Waals surface area contributed by atoms with Crippen LogP contribution in [0.1, 0.15) is 24.2 Å². The maximum absolute atomic E-state index is 12.2. The van der Waals surface area contributed by atoms with Gasteiger partial charge in [0.2, 0.25) is 5.91 Å². The van der Waals surface area contributed by atoms with Crippen molar-refractivity contribution < 1.29 is 23.8 Å². The minimum atomic E-state index is -0.461. The molecule has 2 rings (SSSR count). The molecule has 0 saturated carbocycles. The largest absolute Gasteiger partial charge is 0.497 e. The lowest BCUT2D eigenvalue weighted by atomic mass is 10.2.